The molecule has 2 aromatic carbocycles. The van der Waals surface area contributed by atoms with E-state index in [1.165, 1.54) is 49.0 Å². The van der Waals surface area contributed by atoms with Gasteiger partial charge >= 0.3 is 5.69 Å². The molecule has 1 saturated carbocycles. The molecule has 4 aromatic rings. The van der Waals surface area contributed by atoms with E-state index in [1.54, 1.807) is 24.3 Å². The van der Waals surface area contributed by atoms with Crippen LogP contribution in [-0.4, -0.2) is 19.6 Å². The predicted octanol–water partition coefficient (Wildman–Crippen LogP) is 3.83. The quantitative estimate of drug-likeness (QED) is 0.249. The number of aromatic nitrogens is 3. The molecular formula is C25H20FI2N5O4. The summed E-state index contributed by atoms with van der Waals surface area (Å²) >= 11 is 3.85. The molecule has 0 radical (unpaired) electrons. The number of anilines is 2. The van der Waals surface area contributed by atoms with Crippen LogP contribution in [0, 0.1) is 16.3 Å². The summed E-state index contributed by atoms with van der Waals surface area (Å²) in [5, 5.41) is 0.0860. The number of nitrogens with two attached hydrogens (primary N) is 1. The Hall–Kier alpha value is -3.01. The number of fused-ring (bicyclic) bond motifs is 1. The molecule has 1 aliphatic rings. The lowest BCUT2D eigenvalue weighted by Crippen LogP contribution is -2.41. The molecule has 1 amide bonds. The normalized spacial score (nSPS) is 13.2. The van der Waals surface area contributed by atoms with Crippen LogP contribution in [0.5, 0.6) is 0 Å². The van der Waals surface area contributed by atoms with Crippen LogP contribution >= 0.6 is 45.5 Å². The van der Waals surface area contributed by atoms with E-state index < -0.39 is 28.5 Å². The fourth-order valence-electron chi connectivity index (χ4n) is 4.47. The minimum Gasteiger partial charge on any atom is -0.366 e. The number of rotatable bonds is 5. The van der Waals surface area contributed by atoms with Gasteiger partial charge in [0.05, 0.1) is 39.8 Å². The highest BCUT2D eigenvalue weighted by atomic mass is 127. The maximum Gasteiger partial charge on any atom is 0.336 e. The molecule has 37 heavy (non-hydrogen) atoms. The average molecular weight is 727 g/mol. The van der Waals surface area contributed by atoms with Crippen molar-refractivity contribution in [2.75, 3.05) is 3.11 Å². The molecule has 1 fully saturated rings. The number of pyridine rings is 1. The Kier molecular flexibility index (Phi) is 6.50. The van der Waals surface area contributed by atoms with Crippen LogP contribution in [0.2, 0.25) is 0 Å². The van der Waals surface area contributed by atoms with E-state index in [0.29, 0.717) is 16.4 Å². The molecule has 2 heterocycles. The Morgan fingerprint density at radius 3 is 2.43 bits per heavy atom. The zero-order chi connectivity index (χ0) is 26.8. The lowest BCUT2D eigenvalue weighted by molar-refractivity contribution is 0.1000. The number of primary amides is 1. The number of benzene rings is 2. The smallest absolute Gasteiger partial charge is 0.336 e. The highest BCUT2D eigenvalue weighted by Gasteiger charge is 2.32. The van der Waals surface area contributed by atoms with Gasteiger partial charge in [-0.25, -0.2) is 9.18 Å². The largest absolute Gasteiger partial charge is 0.366 e. The summed E-state index contributed by atoms with van der Waals surface area (Å²) in [7, 11) is 1.50. The highest BCUT2D eigenvalue weighted by Crippen LogP contribution is 2.37. The van der Waals surface area contributed by atoms with Crippen molar-refractivity contribution in [3.05, 3.63) is 94.2 Å². The van der Waals surface area contributed by atoms with Gasteiger partial charge in [-0.3, -0.25) is 31.2 Å². The van der Waals surface area contributed by atoms with Gasteiger partial charge in [-0.1, -0.05) is 6.07 Å². The Morgan fingerprint density at radius 1 is 1.11 bits per heavy atom. The van der Waals surface area contributed by atoms with Gasteiger partial charge in [-0.2, -0.15) is 0 Å². The van der Waals surface area contributed by atoms with Crippen molar-refractivity contribution >= 4 is 73.8 Å². The van der Waals surface area contributed by atoms with Crippen molar-refractivity contribution in [1.29, 1.82) is 0 Å². The van der Waals surface area contributed by atoms with Gasteiger partial charge < -0.3 is 5.73 Å². The number of aryl methyl sites for hydroxylation is 1. The Labute approximate surface area is 236 Å². The molecule has 0 aliphatic heterocycles. The molecule has 0 bridgehead atoms. The van der Waals surface area contributed by atoms with Crippen LogP contribution in [0.1, 0.15) is 34.8 Å². The molecule has 1 aliphatic carbocycles. The van der Waals surface area contributed by atoms with E-state index in [4.69, 9.17) is 5.73 Å². The van der Waals surface area contributed by atoms with E-state index >= 15 is 4.39 Å². The second kappa shape index (κ2) is 9.38. The number of hydrogen-bond acceptors (Lipinski definition) is 5. The van der Waals surface area contributed by atoms with Gasteiger partial charge in [0, 0.05) is 27.8 Å². The summed E-state index contributed by atoms with van der Waals surface area (Å²) in [6.07, 6.45) is 1.31. The van der Waals surface area contributed by atoms with E-state index in [9.17, 15) is 19.2 Å². The summed E-state index contributed by atoms with van der Waals surface area (Å²) in [4.78, 5) is 53.0. The maximum absolute atomic E-state index is 15.0. The number of carbonyl (C=O) groups excluding carboxylic acids is 1. The van der Waals surface area contributed by atoms with Gasteiger partial charge in [-0.15, -0.1) is 0 Å². The summed E-state index contributed by atoms with van der Waals surface area (Å²) in [6, 6.07) is 10.5. The number of amides is 1. The fourth-order valence-corrected chi connectivity index (χ4v) is 5.88. The fraction of sp³-hybridized carbons (Fsp3) is 0.200. The van der Waals surface area contributed by atoms with Crippen molar-refractivity contribution < 1.29 is 9.18 Å². The van der Waals surface area contributed by atoms with Crippen molar-refractivity contribution in [1.82, 2.24) is 13.7 Å². The third-order valence-corrected chi connectivity index (χ3v) is 8.07. The molecule has 2 N–H and O–H groups in total. The zero-order valence-corrected chi connectivity index (χ0v) is 24.0. The van der Waals surface area contributed by atoms with E-state index in [-0.39, 0.29) is 45.3 Å². The first kappa shape index (κ1) is 25.6. The summed E-state index contributed by atoms with van der Waals surface area (Å²) in [5.41, 5.74) is 4.68. The standard InChI is InChI=1S/C25H20FI2N5O4/c1-12-20-19(22(30(2)23(12)35)33(28)18-9-6-14(27)11-17(18)26)24(36)32(15-7-8-15)25(37)31(20)16-5-3-4-13(10-16)21(29)34/h3-6,9-11,15H,7-8H2,1-2H3,(H2,29,34). The van der Waals surface area contributed by atoms with Crippen LogP contribution in [0.3, 0.4) is 0 Å². The summed E-state index contributed by atoms with van der Waals surface area (Å²) in [6.45, 7) is 1.53. The zero-order valence-electron chi connectivity index (χ0n) is 19.7. The minimum atomic E-state index is -0.685. The molecule has 0 atom stereocenters. The van der Waals surface area contributed by atoms with E-state index in [1.807, 2.05) is 45.5 Å². The van der Waals surface area contributed by atoms with Gasteiger partial charge in [0.25, 0.3) is 11.1 Å². The van der Waals surface area contributed by atoms with Crippen LogP contribution < -0.4 is 25.7 Å². The third-order valence-electron chi connectivity index (χ3n) is 6.42. The molecule has 0 saturated heterocycles. The molecule has 2 aromatic heterocycles. The third kappa shape index (κ3) is 4.19. The Balaban J connectivity index is 1.98. The van der Waals surface area contributed by atoms with Crippen LogP contribution in [0.15, 0.2) is 56.8 Å². The first-order valence-corrected chi connectivity index (χ1v) is 13.3. The van der Waals surface area contributed by atoms with Crippen LogP contribution in [0.25, 0.3) is 16.6 Å². The second-order valence-electron chi connectivity index (χ2n) is 8.85. The molecule has 12 heteroatoms. The van der Waals surface area contributed by atoms with Crippen molar-refractivity contribution in [3.63, 3.8) is 0 Å². The number of halogens is 3. The van der Waals surface area contributed by atoms with Crippen LogP contribution in [0.4, 0.5) is 15.9 Å². The van der Waals surface area contributed by atoms with Gasteiger partial charge in [0.15, 0.2) is 0 Å². The maximum atomic E-state index is 15.0. The minimum absolute atomic E-state index is 0.0860. The lowest BCUT2D eigenvalue weighted by Gasteiger charge is -2.24. The highest BCUT2D eigenvalue weighted by molar-refractivity contribution is 14.1. The van der Waals surface area contributed by atoms with Crippen molar-refractivity contribution in [2.24, 2.45) is 12.8 Å². The molecule has 9 nitrogen and oxygen atoms in total. The molecule has 190 valence electrons. The first-order valence-electron chi connectivity index (χ1n) is 11.2. The monoisotopic (exact) mass is 727 g/mol. The Morgan fingerprint density at radius 2 is 1.81 bits per heavy atom. The van der Waals surface area contributed by atoms with Gasteiger partial charge in [0.2, 0.25) is 5.91 Å². The second-order valence-corrected chi connectivity index (χ2v) is 11.1. The topological polar surface area (TPSA) is 112 Å². The van der Waals surface area contributed by atoms with Crippen molar-refractivity contribution in [2.45, 2.75) is 25.8 Å². The van der Waals surface area contributed by atoms with Gasteiger partial charge in [0.1, 0.15) is 17.0 Å². The number of hydrogen-bond donors (Lipinski definition) is 1. The molecule has 0 spiro atoms. The van der Waals surface area contributed by atoms with Crippen molar-refractivity contribution in [3.8, 4) is 5.69 Å². The molecular weight excluding hydrogens is 707 g/mol. The summed E-state index contributed by atoms with van der Waals surface area (Å²) < 4.78 is 20.9. The van der Waals surface area contributed by atoms with Crippen LogP contribution in [-0.2, 0) is 7.05 Å². The average Bonchev–Trinajstić information content (AvgIpc) is 3.68. The predicted molar refractivity (Wildman–Crippen MR) is 156 cm³/mol. The van der Waals surface area contributed by atoms with Gasteiger partial charge in [-0.05, 0) is 78.8 Å². The number of nitrogens with zero attached hydrogens (tertiary/aromatic N) is 4. The Bertz CT molecular complexity index is 1810. The van der Waals surface area contributed by atoms with E-state index in [2.05, 4.69) is 0 Å². The van der Waals surface area contributed by atoms with E-state index in [0.717, 1.165) is 0 Å². The number of carbonyl (C=O) groups is 1. The summed E-state index contributed by atoms with van der Waals surface area (Å²) in [5.74, 6) is -1.09. The molecule has 5 rings (SSSR count). The lowest BCUT2D eigenvalue weighted by atomic mass is 10.1. The SMILES string of the molecule is Cc1c(=O)n(C)c(N(I)c2ccc(I)cc2F)c2c(=O)n(C3CC3)c(=O)n(-c3cccc(C(N)=O)c3)c12. The molecule has 0 unspecified atom stereocenters. The first-order chi connectivity index (χ1) is 17.5.